The summed E-state index contributed by atoms with van der Waals surface area (Å²) in [6, 6.07) is 0. The molecule has 4 nitrogen and oxygen atoms in total. The van der Waals surface area contributed by atoms with Crippen LogP contribution in [0.1, 0.15) is 70.6 Å². The molecule has 2 N–H and O–H groups in total. The van der Waals surface area contributed by atoms with E-state index in [0.717, 1.165) is 38.5 Å². The monoisotopic (exact) mass is 302 g/mol. The Morgan fingerprint density at radius 2 is 1.75 bits per heavy atom. The number of aliphatic hydroxyl groups excluding tert-OH is 1. The summed E-state index contributed by atoms with van der Waals surface area (Å²) in [5, 5.41) is 9.85. The van der Waals surface area contributed by atoms with Crippen LogP contribution in [0.3, 0.4) is 0 Å². The molecule has 0 bridgehead atoms. The maximum absolute atomic E-state index is 11.2. The molecule has 5 heteroatoms. The molecule has 1 unspecified atom stereocenters. The van der Waals surface area contributed by atoms with E-state index in [4.69, 9.17) is 4.55 Å². The molecule has 0 heterocycles. The Morgan fingerprint density at radius 1 is 1.15 bits per heavy atom. The summed E-state index contributed by atoms with van der Waals surface area (Å²) < 4.78 is 30.6. The highest BCUT2D eigenvalue weighted by Crippen LogP contribution is 2.47. The molecule has 0 amide bonds. The second kappa shape index (κ2) is 6.58. The van der Waals surface area contributed by atoms with Gasteiger partial charge < -0.3 is 5.11 Å². The van der Waals surface area contributed by atoms with Crippen LogP contribution < -0.4 is 0 Å². The topological polar surface area (TPSA) is 74.6 Å². The fourth-order valence-electron chi connectivity index (χ4n) is 2.76. The molecule has 2 aliphatic carbocycles. The molecule has 0 saturated heterocycles. The largest absolute Gasteiger partial charge is 0.393 e. The van der Waals surface area contributed by atoms with Crippen LogP contribution in [-0.4, -0.2) is 28.9 Å². The van der Waals surface area contributed by atoms with Gasteiger partial charge in [0.05, 0.1) is 10.9 Å². The van der Waals surface area contributed by atoms with Crippen LogP contribution in [0.5, 0.6) is 0 Å². The van der Waals surface area contributed by atoms with Crippen molar-refractivity contribution in [2.24, 2.45) is 0 Å². The van der Waals surface area contributed by atoms with Gasteiger partial charge in [-0.15, -0.1) is 0 Å². The van der Waals surface area contributed by atoms with Crippen molar-refractivity contribution < 1.29 is 18.1 Å². The van der Waals surface area contributed by atoms with Gasteiger partial charge in [-0.25, -0.2) is 0 Å². The molecule has 1 saturated carbocycles. The second-order valence-electron chi connectivity index (χ2n) is 6.37. The molecule has 0 aliphatic heterocycles. The Bertz CT molecular complexity index is 448. The van der Waals surface area contributed by atoms with Gasteiger partial charge in [-0.1, -0.05) is 30.9 Å². The quantitative estimate of drug-likeness (QED) is 0.349. The van der Waals surface area contributed by atoms with Gasteiger partial charge in [0.15, 0.2) is 0 Å². The maximum Gasteiger partial charge on any atom is 0.270 e. The Morgan fingerprint density at radius 3 is 2.25 bits per heavy atom. The Hall–Kier alpha value is -0.390. The Labute approximate surface area is 122 Å². The minimum absolute atomic E-state index is 0.260. The third kappa shape index (κ3) is 4.86. The van der Waals surface area contributed by atoms with Crippen molar-refractivity contribution in [3.63, 3.8) is 0 Å². The van der Waals surface area contributed by atoms with E-state index >= 15 is 0 Å². The molecule has 0 spiro atoms. The summed E-state index contributed by atoms with van der Waals surface area (Å²) in [4.78, 5) is 0. The molecular formula is C15H26O4S. The molecule has 116 valence electrons. The molecule has 0 aromatic carbocycles. The van der Waals surface area contributed by atoms with Crippen LogP contribution >= 0.6 is 0 Å². The van der Waals surface area contributed by atoms with Gasteiger partial charge in [-0.3, -0.25) is 4.55 Å². The lowest BCUT2D eigenvalue weighted by atomic mass is 10.0. The van der Waals surface area contributed by atoms with Gasteiger partial charge in [0.25, 0.3) is 10.1 Å². The van der Waals surface area contributed by atoms with Crippen molar-refractivity contribution in [1.29, 1.82) is 0 Å². The van der Waals surface area contributed by atoms with E-state index in [1.54, 1.807) is 5.57 Å². The first kappa shape index (κ1) is 16.0. The van der Waals surface area contributed by atoms with Crippen molar-refractivity contribution in [1.82, 2.24) is 0 Å². The fraction of sp³-hybridized carbons (Fsp3) is 0.867. The minimum Gasteiger partial charge on any atom is -0.393 e. The smallest absolute Gasteiger partial charge is 0.270 e. The standard InChI is InChI=1S/C15H26O4S/c16-14(6-2-1-5-13-8-9-13)7-3-4-10-15(11-12-15)20(17,18)19/h8,14,16H,1-7,9-12H2,(H,17,18,19). The Balaban J connectivity index is 1.49. The van der Waals surface area contributed by atoms with E-state index in [-0.39, 0.29) is 6.10 Å². The highest BCUT2D eigenvalue weighted by Gasteiger charge is 2.53. The molecule has 2 aliphatic rings. The lowest BCUT2D eigenvalue weighted by Crippen LogP contribution is -2.22. The number of hydrogen-bond acceptors (Lipinski definition) is 3. The van der Waals surface area contributed by atoms with E-state index in [1.165, 1.54) is 12.8 Å². The summed E-state index contributed by atoms with van der Waals surface area (Å²) >= 11 is 0. The maximum atomic E-state index is 11.2. The van der Waals surface area contributed by atoms with Gasteiger partial charge >= 0.3 is 0 Å². The Kier molecular flexibility index (Phi) is 5.26. The van der Waals surface area contributed by atoms with Crippen LogP contribution in [0.2, 0.25) is 0 Å². The number of allylic oxidation sites excluding steroid dienone is 2. The van der Waals surface area contributed by atoms with Crippen LogP contribution in [0.4, 0.5) is 0 Å². The summed E-state index contributed by atoms with van der Waals surface area (Å²) in [7, 11) is -3.88. The van der Waals surface area contributed by atoms with Gasteiger partial charge in [-0.2, -0.15) is 8.42 Å². The van der Waals surface area contributed by atoms with Crippen molar-refractivity contribution in [2.45, 2.75) is 81.5 Å². The summed E-state index contributed by atoms with van der Waals surface area (Å²) in [6.45, 7) is 0. The summed E-state index contributed by atoms with van der Waals surface area (Å²) in [6.07, 6.45) is 11.5. The van der Waals surface area contributed by atoms with Crippen LogP contribution in [0.25, 0.3) is 0 Å². The van der Waals surface area contributed by atoms with Crippen LogP contribution in [0.15, 0.2) is 11.6 Å². The lowest BCUT2D eigenvalue weighted by Gasteiger charge is -2.13. The highest BCUT2D eigenvalue weighted by molar-refractivity contribution is 7.87. The number of unbranched alkanes of at least 4 members (excludes halogenated alkanes) is 2. The third-order valence-corrected chi connectivity index (χ3v) is 6.26. The van der Waals surface area contributed by atoms with E-state index in [2.05, 4.69) is 6.08 Å². The van der Waals surface area contributed by atoms with Crippen molar-refractivity contribution in [3.05, 3.63) is 11.6 Å². The summed E-state index contributed by atoms with van der Waals surface area (Å²) in [5.74, 6) is 0. The molecule has 1 fully saturated rings. The molecule has 0 aromatic rings. The zero-order valence-corrected chi connectivity index (χ0v) is 12.9. The zero-order chi connectivity index (χ0) is 14.6. The number of aliphatic hydroxyl groups is 1. The number of rotatable bonds is 11. The third-order valence-electron chi connectivity index (χ3n) is 4.55. The van der Waals surface area contributed by atoms with Crippen molar-refractivity contribution >= 4 is 10.1 Å². The normalized spacial score (nSPS) is 21.4. The van der Waals surface area contributed by atoms with Crippen LogP contribution in [0, 0.1) is 0 Å². The first-order chi connectivity index (χ1) is 9.43. The predicted molar refractivity (Wildman–Crippen MR) is 79.2 cm³/mol. The molecule has 0 aromatic heterocycles. The zero-order valence-electron chi connectivity index (χ0n) is 12.1. The summed E-state index contributed by atoms with van der Waals surface area (Å²) in [5.41, 5.74) is 1.56. The van der Waals surface area contributed by atoms with E-state index in [0.29, 0.717) is 19.3 Å². The van der Waals surface area contributed by atoms with Gasteiger partial charge in [0.2, 0.25) is 0 Å². The minimum atomic E-state index is -3.88. The van der Waals surface area contributed by atoms with Crippen molar-refractivity contribution in [2.75, 3.05) is 0 Å². The average Bonchev–Trinajstić information content (AvgIpc) is 3.23. The molecule has 1 atom stereocenters. The van der Waals surface area contributed by atoms with Gasteiger partial charge in [-0.05, 0) is 51.4 Å². The molecular weight excluding hydrogens is 276 g/mol. The second-order valence-corrected chi connectivity index (χ2v) is 8.19. The van der Waals surface area contributed by atoms with Gasteiger partial charge in [0, 0.05) is 0 Å². The predicted octanol–water partition coefficient (Wildman–Crippen LogP) is 3.22. The molecule has 0 radical (unpaired) electrons. The average molecular weight is 302 g/mol. The lowest BCUT2D eigenvalue weighted by molar-refractivity contribution is 0.147. The molecule has 20 heavy (non-hydrogen) atoms. The molecule has 2 rings (SSSR count). The first-order valence-electron chi connectivity index (χ1n) is 7.76. The van der Waals surface area contributed by atoms with Crippen molar-refractivity contribution in [3.8, 4) is 0 Å². The van der Waals surface area contributed by atoms with Gasteiger partial charge in [0.1, 0.15) is 0 Å². The first-order valence-corrected chi connectivity index (χ1v) is 9.20. The van der Waals surface area contributed by atoms with E-state index in [1.807, 2.05) is 0 Å². The van der Waals surface area contributed by atoms with Crippen LogP contribution in [-0.2, 0) is 10.1 Å². The highest BCUT2D eigenvalue weighted by atomic mass is 32.2. The van der Waals surface area contributed by atoms with E-state index in [9.17, 15) is 13.5 Å². The SMILES string of the molecule is O=S(=O)(O)C1(CCCCC(O)CCCCC2=CC2)CC1. The fourth-order valence-corrected chi connectivity index (χ4v) is 3.78. The van der Waals surface area contributed by atoms with E-state index < -0.39 is 14.9 Å². The number of hydrogen-bond donors (Lipinski definition) is 2.